The second-order valence-corrected chi connectivity index (χ2v) is 20.9. The molecule has 3 aromatic rings. The number of carbonyl (C=O) groups is 2. The van der Waals surface area contributed by atoms with Crippen molar-refractivity contribution in [2.24, 2.45) is 46.3 Å². The van der Waals surface area contributed by atoms with E-state index in [1.165, 1.54) is 72.8 Å². The van der Waals surface area contributed by atoms with E-state index >= 15 is 0 Å². The molecule has 0 aliphatic heterocycles. The summed E-state index contributed by atoms with van der Waals surface area (Å²) < 4.78 is 12.9. The normalized spacial score (nSPS) is 29.6. The number of nitrogens with zero attached hydrogens (tertiary/aromatic N) is 2. The highest BCUT2D eigenvalue weighted by atomic mass is 16.5. The van der Waals surface area contributed by atoms with Gasteiger partial charge in [-0.15, -0.1) is 0 Å². The molecule has 4 aliphatic carbocycles. The molecule has 0 radical (unpaired) electrons. The largest absolute Gasteiger partial charge is 0.492 e. The topological polar surface area (TPSA) is 55.8 Å². The molecule has 0 unspecified atom stereocenters. The van der Waals surface area contributed by atoms with Gasteiger partial charge in [-0.2, -0.15) is 0 Å². The second-order valence-electron chi connectivity index (χ2n) is 20.9. The first-order chi connectivity index (χ1) is 28.7. The maximum atomic E-state index is 13.5. The van der Waals surface area contributed by atoms with Crippen molar-refractivity contribution >= 4 is 23.0 Å². The van der Waals surface area contributed by atoms with Crippen molar-refractivity contribution in [1.29, 1.82) is 0 Å². The number of hydrogen-bond acceptors (Lipinski definition) is 4. The molecule has 324 valence electrons. The summed E-state index contributed by atoms with van der Waals surface area (Å²) in [6.07, 6.45) is 13.8. The van der Waals surface area contributed by atoms with Crippen molar-refractivity contribution in [3.63, 3.8) is 0 Å². The highest BCUT2D eigenvalue weighted by Gasteiger charge is 2.60. The Morgan fingerprint density at radius 3 is 2.08 bits per heavy atom. The Kier molecular flexibility index (Phi) is 13.7. The Bertz CT molecular complexity index is 1940. The molecule has 0 bridgehead atoms. The lowest BCUT2D eigenvalue weighted by atomic mass is 9.44. The van der Waals surface area contributed by atoms with Crippen LogP contribution in [0.1, 0.15) is 121 Å². The summed E-state index contributed by atoms with van der Waals surface area (Å²) in [5, 5.41) is 0. The van der Waals surface area contributed by atoms with Crippen molar-refractivity contribution in [2.45, 2.75) is 111 Å². The monoisotopic (exact) mass is 816 g/mol. The highest BCUT2D eigenvalue weighted by molar-refractivity contribution is 5.98. The fraction of sp³-hybridized carbons (Fsp3) is 0.593. The lowest BCUT2D eigenvalue weighted by Crippen LogP contribution is -2.54. The number of ether oxygens (including phenoxy) is 2. The third-order valence-corrected chi connectivity index (χ3v) is 16.2. The van der Waals surface area contributed by atoms with Gasteiger partial charge in [-0.3, -0.25) is 4.79 Å². The zero-order valence-corrected chi connectivity index (χ0v) is 38.3. The van der Waals surface area contributed by atoms with E-state index in [-0.39, 0.29) is 18.0 Å². The number of esters is 1. The van der Waals surface area contributed by atoms with E-state index in [4.69, 9.17) is 9.47 Å². The van der Waals surface area contributed by atoms with Crippen molar-refractivity contribution in [1.82, 2.24) is 4.90 Å². The Morgan fingerprint density at radius 1 is 0.783 bits per heavy atom. The summed E-state index contributed by atoms with van der Waals surface area (Å²) in [7, 11) is 8.09. The van der Waals surface area contributed by atoms with Crippen molar-refractivity contribution in [3.8, 4) is 5.75 Å². The van der Waals surface area contributed by atoms with E-state index in [2.05, 4.69) is 134 Å². The average molecular weight is 816 g/mol. The molecule has 0 saturated heterocycles. The second kappa shape index (κ2) is 18.6. The standard InChI is InChI=1S/C54H75N2O4/c1-9-45(39-16-12-10-13-17-39)52(40-18-14-11-15-19-40)41-21-24-43(25-22-41)59-35-34-55(5)50(57)29-20-38(2)47-27-28-48-46-26-23-42-36-44(60-51(58)37-56(6,7)8)30-32-53(42,3)49(46)31-33-54(47,48)4/h10-19,21-22,24-25,38,42,44,46-49H,9,20,23,26-37H2,1-8H3/q+1/b52-45-/t38-,42-,44-,46+,47-,48+,49+,53+,54-/m1/s1. The first kappa shape index (κ1) is 44.2. The maximum absolute atomic E-state index is 13.5. The number of likely N-dealkylation sites (N-methyl/N-ethyl adjacent to an activating group) is 2. The molecule has 4 saturated carbocycles. The average Bonchev–Trinajstić information content (AvgIpc) is 3.59. The Hall–Kier alpha value is -3.90. The molecule has 7 rings (SSSR count). The van der Waals surface area contributed by atoms with Crippen LogP contribution < -0.4 is 4.74 Å². The molecule has 3 aromatic carbocycles. The third kappa shape index (κ3) is 9.59. The Morgan fingerprint density at radius 2 is 1.42 bits per heavy atom. The lowest BCUT2D eigenvalue weighted by Gasteiger charge is -2.61. The molecule has 0 heterocycles. The number of amides is 1. The molecule has 0 spiro atoms. The lowest BCUT2D eigenvalue weighted by molar-refractivity contribution is -0.862. The van der Waals surface area contributed by atoms with Crippen molar-refractivity contribution in [3.05, 3.63) is 102 Å². The number of hydrogen-bond donors (Lipinski definition) is 0. The predicted octanol–water partition coefficient (Wildman–Crippen LogP) is 11.6. The minimum Gasteiger partial charge on any atom is -0.492 e. The molecular weight excluding hydrogens is 741 g/mol. The summed E-state index contributed by atoms with van der Waals surface area (Å²) >= 11 is 0. The summed E-state index contributed by atoms with van der Waals surface area (Å²) in [6, 6.07) is 29.8. The van der Waals surface area contributed by atoms with Gasteiger partial charge in [0.2, 0.25) is 5.91 Å². The van der Waals surface area contributed by atoms with E-state index in [9.17, 15) is 9.59 Å². The molecule has 6 heteroatoms. The number of rotatable bonds is 15. The van der Waals surface area contributed by atoms with E-state index in [0.717, 1.165) is 49.2 Å². The van der Waals surface area contributed by atoms with Gasteiger partial charge in [0.05, 0.1) is 27.7 Å². The van der Waals surface area contributed by atoms with E-state index < -0.39 is 0 Å². The third-order valence-electron chi connectivity index (χ3n) is 16.2. The van der Waals surface area contributed by atoms with Gasteiger partial charge in [0.1, 0.15) is 18.5 Å². The minimum absolute atomic E-state index is 0.0413. The molecule has 4 aliphatic rings. The quantitative estimate of drug-likeness (QED) is 0.0871. The molecule has 6 nitrogen and oxygen atoms in total. The zero-order valence-electron chi connectivity index (χ0n) is 38.3. The maximum Gasteiger partial charge on any atom is 0.362 e. The molecule has 9 atom stereocenters. The highest BCUT2D eigenvalue weighted by Crippen LogP contribution is 2.68. The molecule has 4 fully saturated rings. The fourth-order valence-electron chi connectivity index (χ4n) is 13.1. The van der Waals surface area contributed by atoms with Crippen LogP contribution in [-0.2, 0) is 14.3 Å². The molecule has 0 aromatic heterocycles. The predicted molar refractivity (Wildman–Crippen MR) is 245 cm³/mol. The number of quaternary nitrogens is 1. The van der Waals surface area contributed by atoms with Crippen LogP contribution in [0.25, 0.3) is 11.1 Å². The van der Waals surface area contributed by atoms with Gasteiger partial charge in [-0.1, -0.05) is 100 Å². The van der Waals surface area contributed by atoms with Crippen molar-refractivity contribution in [2.75, 3.05) is 47.9 Å². The summed E-state index contributed by atoms with van der Waals surface area (Å²) in [5.41, 5.74) is 6.93. The van der Waals surface area contributed by atoms with Gasteiger partial charge in [0, 0.05) is 13.5 Å². The molecule has 0 N–H and O–H groups in total. The summed E-state index contributed by atoms with van der Waals surface area (Å²) in [4.78, 5) is 28.0. The van der Waals surface area contributed by atoms with E-state index in [1.807, 2.05) is 11.9 Å². The smallest absolute Gasteiger partial charge is 0.362 e. The first-order valence-electron chi connectivity index (χ1n) is 23.5. The summed E-state index contributed by atoms with van der Waals surface area (Å²) in [5.74, 6) is 5.30. The van der Waals surface area contributed by atoms with Crippen LogP contribution in [0.3, 0.4) is 0 Å². The SMILES string of the molecule is CC/C(=C(\c1ccccc1)c1ccc(OCCN(C)C(=O)CC[C@@H](C)[C@H]2CC[C@H]3[C@@H]4CC[C@@H]5C[C@H](OC(=O)C[N+](C)(C)C)CC[C@]5(C)[C@H]4CC[C@]23C)cc1)c1ccccc1. The molecule has 1 amide bonds. The number of carbonyl (C=O) groups excluding carboxylic acids is 2. The van der Waals surface area contributed by atoms with Gasteiger partial charge in [0.25, 0.3) is 0 Å². The van der Waals surface area contributed by atoms with Crippen LogP contribution >= 0.6 is 0 Å². The van der Waals surface area contributed by atoms with E-state index in [1.54, 1.807) is 0 Å². The van der Waals surface area contributed by atoms with Crippen LogP contribution in [0.5, 0.6) is 5.75 Å². The van der Waals surface area contributed by atoms with Crippen LogP contribution in [0.4, 0.5) is 0 Å². The van der Waals surface area contributed by atoms with Crippen LogP contribution in [-0.4, -0.2) is 75.3 Å². The zero-order chi connectivity index (χ0) is 42.7. The fourth-order valence-corrected chi connectivity index (χ4v) is 13.1. The first-order valence-corrected chi connectivity index (χ1v) is 23.5. The van der Waals surface area contributed by atoms with Gasteiger partial charge >= 0.3 is 5.97 Å². The van der Waals surface area contributed by atoms with Crippen LogP contribution in [0, 0.1) is 46.3 Å². The van der Waals surface area contributed by atoms with Crippen LogP contribution in [0.2, 0.25) is 0 Å². The van der Waals surface area contributed by atoms with Gasteiger partial charge < -0.3 is 18.9 Å². The van der Waals surface area contributed by atoms with Gasteiger partial charge in [0.15, 0.2) is 6.54 Å². The van der Waals surface area contributed by atoms with E-state index in [0.29, 0.717) is 59.2 Å². The number of allylic oxidation sites excluding steroid dienone is 1. The minimum atomic E-state index is -0.0413. The van der Waals surface area contributed by atoms with Crippen LogP contribution in [0.15, 0.2) is 84.9 Å². The molecular formula is C54H75N2O4+. The number of fused-ring (bicyclic) bond motifs is 5. The van der Waals surface area contributed by atoms with Crippen molar-refractivity contribution < 1.29 is 23.5 Å². The molecule has 60 heavy (non-hydrogen) atoms. The Balaban J connectivity index is 0.886. The Labute approximate surface area is 362 Å². The van der Waals surface area contributed by atoms with Gasteiger partial charge in [-0.05, 0) is 157 Å². The van der Waals surface area contributed by atoms with Gasteiger partial charge in [-0.25, -0.2) is 4.79 Å². The summed E-state index contributed by atoms with van der Waals surface area (Å²) in [6.45, 7) is 11.4. The number of benzene rings is 3.